The van der Waals surface area contributed by atoms with E-state index in [4.69, 9.17) is 0 Å². The molecule has 21 heavy (non-hydrogen) atoms. The Morgan fingerprint density at radius 3 is 2.90 bits per heavy atom. The van der Waals surface area contributed by atoms with Crippen molar-refractivity contribution in [3.05, 3.63) is 50.5 Å². The van der Waals surface area contributed by atoms with Crippen LogP contribution in [0.3, 0.4) is 0 Å². The monoisotopic (exact) mass is 296 g/mol. The number of carbonyl (C=O) groups excluding carboxylic acids is 1. The predicted molar refractivity (Wildman–Crippen MR) is 84.5 cm³/mol. The van der Waals surface area contributed by atoms with Gasteiger partial charge in [0.2, 0.25) is 0 Å². The van der Waals surface area contributed by atoms with Gasteiger partial charge in [-0.3, -0.25) is 9.78 Å². The quantitative estimate of drug-likeness (QED) is 0.808. The van der Waals surface area contributed by atoms with Crippen molar-refractivity contribution in [1.29, 1.82) is 0 Å². The zero-order chi connectivity index (χ0) is 14.4. The van der Waals surface area contributed by atoms with E-state index in [1.807, 2.05) is 30.4 Å². The average molecular weight is 296 g/mol. The number of hydrogen-bond donors (Lipinski definition) is 0. The standard InChI is InChI=1S/C17H16N2OS/c1-10-5-4-8-18-16(10)12-9-14-15(17(20)19-12)11-6-2-3-7-13(11)21-14/h4-5,8H,2-3,6-7,9H2,1H3. The smallest absolute Gasteiger partial charge is 0.267 e. The third-order valence-electron chi connectivity index (χ3n) is 4.31. The van der Waals surface area contributed by atoms with Crippen LogP contribution in [0.4, 0.5) is 0 Å². The van der Waals surface area contributed by atoms with Crippen molar-refractivity contribution >= 4 is 23.0 Å². The molecule has 3 heterocycles. The second kappa shape index (κ2) is 4.88. The molecule has 0 aromatic carbocycles. The molecular weight excluding hydrogens is 280 g/mol. The van der Waals surface area contributed by atoms with Crippen molar-refractivity contribution < 1.29 is 4.79 Å². The highest BCUT2D eigenvalue weighted by Crippen LogP contribution is 2.37. The van der Waals surface area contributed by atoms with E-state index in [9.17, 15) is 4.79 Å². The molecule has 0 N–H and O–H groups in total. The lowest BCUT2D eigenvalue weighted by Crippen LogP contribution is -2.19. The van der Waals surface area contributed by atoms with E-state index in [-0.39, 0.29) is 5.91 Å². The molecule has 1 aliphatic carbocycles. The van der Waals surface area contributed by atoms with Gasteiger partial charge in [-0.05, 0) is 49.8 Å². The minimum absolute atomic E-state index is 0.0595. The summed E-state index contributed by atoms with van der Waals surface area (Å²) in [6.07, 6.45) is 7.12. The number of nitrogens with zero attached hydrogens (tertiary/aromatic N) is 2. The van der Waals surface area contributed by atoms with E-state index >= 15 is 0 Å². The molecule has 0 saturated heterocycles. The number of aromatic nitrogens is 1. The Hall–Kier alpha value is -1.81. The Balaban J connectivity index is 1.79. The molecule has 0 fully saturated rings. The van der Waals surface area contributed by atoms with E-state index in [2.05, 4.69) is 9.98 Å². The molecular formula is C17H16N2OS. The van der Waals surface area contributed by atoms with Crippen LogP contribution in [0.25, 0.3) is 0 Å². The van der Waals surface area contributed by atoms with Crippen LogP contribution >= 0.6 is 11.3 Å². The van der Waals surface area contributed by atoms with E-state index in [1.165, 1.54) is 28.2 Å². The van der Waals surface area contributed by atoms with Gasteiger partial charge in [-0.25, -0.2) is 4.99 Å². The Labute approximate surface area is 127 Å². The van der Waals surface area contributed by atoms with Crippen LogP contribution in [0, 0.1) is 6.92 Å². The first-order valence-corrected chi connectivity index (χ1v) is 8.23. The maximum Gasteiger partial charge on any atom is 0.278 e. The molecule has 0 bridgehead atoms. The zero-order valence-electron chi connectivity index (χ0n) is 12.0. The summed E-state index contributed by atoms with van der Waals surface area (Å²) in [6, 6.07) is 3.93. The van der Waals surface area contributed by atoms with Gasteiger partial charge in [0, 0.05) is 22.4 Å². The van der Waals surface area contributed by atoms with E-state index in [0.29, 0.717) is 0 Å². The Bertz CT molecular complexity index is 773. The summed E-state index contributed by atoms with van der Waals surface area (Å²) in [7, 11) is 0. The van der Waals surface area contributed by atoms with E-state index < -0.39 is 0 Å². The lowest BCUT2D eigenvalue weighted by atomic mass is 9.92. The van der Waals surface area contributed by atoms with Crippen molar-refractivity contribution in [3.8, 4) is 0 Å². The first-order chi connectivity index (χ1) is 10.2. The van der Waals surface area contributed by atoms with Gasteiger partial charge in [0.1, 0.15) is 0 Å². The van der Waals surface area contributed by atoms with Gasteiger partial charge in [-0.1, -0.05) is 6.07 Å². The maximum absolute atomic E-state index is 12.5. The van der Waals surface area contributed by atoms with E-state index in [0.717, 1.165) is 41.8 Å². The number of fused-ring (bicyclic) bond motifs is 3. The Morgan fingerprint density at radius 2 is 2.05 bits per heavy atom. The summed E-state index contributed by atoms with van der Waals surface area (Å²) in [6.45, 7) is 2.02. The molecule has 0 atom stereocenters. The van der Waals surface area contributed by atoms with Crippen LogP contribution in [0.1, 0.15) is 49.8 Å². The second-order valence-corrected chi connectivity index (χ2v) is 6.91. The number of aryl methyl sites for hydroxylation is 2. The second-order valence-electron chi connectivity index (χ2n) is 5.72. The van der Waals surface area contributed by atoms with Crippen molar-refractivity contribution in [2.75, 3.05) is 0 Å². The molecule has 1 aliphatic heterocycles. The number of aliphatic imine (C=N–C) groups is 1. The molecule has 0 spiro atoms. The minimum Gasteiger partial charge on any atom is -0.267 e. The molecule has 2 aromatic heterocycles. The predicted octanol–water partition coefficient (Wildman–Crippen LogP) is 3.52. The minimum atomic E-state index is -0.0595. The van der Waals surface area contributed by atoms with Gasteiger partial charge in [0.15, 0.2) is 0 Å². The maximum atomic E-state index is 12.5. The molecule has 3 nitrogen and oxygen atoms in total. The summed E-state index contributed by atoms with van der Waals surface area (Å²) in [5.74, 6) is -0.0595. The first kappa shape index (κ1) is 12.9. The highest BCUT2D eigenvalue weighted by Gasteiger charge is 2.29. The number of rotatable bonds is 1. The molecule has 1 amide bonds. The number of pyridine rings is 1. The Morgan fingerprint density at radius 1 is 1.19 bits per heavy atom. The molecule has 106 valence electrons. The van der Waals surface area contributed by atoms with Gasteiger partial charge in [-0.2, -0.15) is 0 Å². The fourth-order valence-electron chi connectivity index (χ4n) is 3.29. The molecule has 0 radical (unpaired) electrons. The lowest BCUT2D eigenvalue weighted by molar-refractivity contribution is 0.0999. The molecule has 4 rings (SSSR count). The number of thiophene rings is 1. The molecule has 0 saturated carbocycles. The molecule has 0 unspecified atom stereocenters. The summed E-state index contributed by atoms with van der Waals surface area (Å²) in [5.41, 5.74) is 4.96. The van der Waals surface area contributed by atoms with Crippen LogP contribution in [-0.2, 0) is 19.3 Å². The summed E-state index contributed by atoms with van der Waals surface area (Å²) >= 11 is 1.82. The number of carbonyl (C=O) groups is 1. The van der Waals surface area contributed by atoms with Gasteiger partial charge in [-0.15, -0.1) is 11.3 Å². The summed E-state index contributed by atoms with van der Waals surface area (Å²) in [5, 5.41) is 0. The number of amides is 1. The summed E-state index contributed by atoms with van der Waals surface area (Å²) < 4.78 is 0. The van der Waals surface area contributed by atoms with E-state index in [1.54, 1.807) is 6.20 Å². The lowest BCUT2D eigenvalue weighted by Gasteiger charge is -2.15. The van der Waals surface area contributed by atoms with Gasteiger partial charge in [0.05, 0.1) is 17.0 Å². The van der Waals surface area contributed by atoms with Crippen LogP contribution < -0.4 is 0 Å². The van der Waals surface area contributed by atoms with Crippen molar-refractivity contribution in [3.63, 3.8) is 0 Å². The van der Waals surface area contributed by atoms with Gasteiger partial charge < -0.3 is 0 Å². The van der Waals surface area contributed by atoms with Crippen LogP contribution in [-0.4, -0.2) is 16.6 Å². The van der Waals surface area contributed by atoms with Gasteiger partial charge >= 0.3 is 0 Å². The van der Waals surface area contributed by atoms with Crippen LogP contribution in [0.15, 0.2) is 23.3 Å². The fourth-order valence-corrected chi connectivity index (χ4v) is 4.68. The zero-order valence-corrected chi connectivity index (χ0v) is 12.8. The summed E-state index contributed by atoms with van der Waals surface area (Å²) in [4.78, 5) is 23.9. The highest BCUT2D eigenvalue weighted by atomic mass is 32.1. The first-order valence-electron chi connectivity index (χ1n) is 7.41. The SMILES string of the molecule is Cc1cccnc1C1=NC(=O)c2c(sc3c2CCCC3)C1. The van der Waals surface area contributed by atoms with Crippen molar-refractivity contribution in [2.45, 2.75) is 39.0 Å². The molecule has 2 aliphatic rings. The van der Waals surface area contributed by atoms with Gasteiger partial charge in [0.25, 0.3) is 5.91 Å². The normalized spacial score (nSPS) is 17.2. The van der Waals surface area contributed by atoms with Crippen molar-refractivity contribution in [1.82, 2.24) is 4.98 Å². The number of hydrogen-bond acceptors (Lipinski definition) is 3. The van der Waals surface area contributed by atoms with Crippen molar-refractivity contribution in [2.24, 2.45) is 4.99 Å². The fraction of sp³-hybridized carbons (Fsp3) is 0.353. The van der Waals surface area contributed by atoms with Crippen LogP contribution in [0.5, 0.6) is 0 Å². The van der Waals surface area contributed by atoms with Crippen LogP contribution in [0.2, 0.25) is 0 Å². The Kier molecular flexibility index (Phi) is 3.00. The molecule has 2 aromatic rings. The third-order valence-corrected chi connectivity index (χ3v) is 5.60. The largest absolute Gasteiger partial charge is 0.278 e. The topological polar surface area (TPSA) is 42.3 Å². The highest BCUT2D eigenvalue weighted by molar-refractivity contribution is 7.12. The molecule has 4 heteroatoms. The average Bonchev–Trinajstić information content (AvgIpc) is 2.86. The third kappa shape index (κ3) is 2.05.